The Morgan fingerprint density at radius 1 is 0.944 bits per heavy atom. The lowest BCUT2D eigenvalue weighted by Gasteiger charge is -2.10. The van der Waals surface area contributed by atoms with Gasteiger partial charge in [0.1, 0.15) is 11.5 Å². The third-order valence-electron chi connectivity index (χ3n) is 2.95. The summed E-state index contributed by atoms with van der Waals surface area (Å²) in [5, 5.41) is 21.9. The van der Waals surface area contributed by atoms with Crippen LogP contribution in [0.2, 0.25) is 0 Å². The molecule has 0 saturated heterocycles. The summed E-state index contributed by atoms with van der Waals surface area (Å²) in [6.07, 6.45) is 3.27. The van der Waals surface area contributed by atoms with Crippen molar-refractivity contribution in [3.05, 3.63) is 54.9 Å². The highest BCUT2D eigenvalue weighted by molar-refractivity contribution is 5.97. The topological polar surface area (TPSA) is 53.4 Å². The van der Waals surface area contributed by atoms with Gasteiger partial charge in [0.2, 0.25) is 0 Å². The highest BCUT2D eigenvalue weighted by atomic mass is 16.3. The second-order valence-corrected chi connectivity index (χ2v) is 4.08. The predicted octanol–water partition coefficient (Wildman–Crippen LogP) is 3.31. The minimum atomic E-state index is 0.0548. The molecule has 1 aromatic heterocycles. The first-order valence-corrected chi connectivity index (χ1v) is 5.61. The van der Waals surface area contributed by atoms with Gasteiger partial charge in [-0.1, -0.05) is 30.3 Å². The first kappa shape index (κ1) is 10.6. The van der Waals surface area contributed by atoms with E-state index in [4.69, 9.17) is 0 Å². The summed E-state index contributed by atoms with van der Waals surface area (Å²) in [7, 11) is 0. The number of phenols is 2. The third-order valence-corrected chi connectivity index (χ3v) is 2.95. The van der Waals surface area contributed by atoms with Crippen molar-refractivity contribution in [1.82, 2.24) is 4.98 Å². The zero-order valence-electron chi connectivity index (χ0n) is 9.54. The van der Waals surface area contributed by atoms with Gasteiger partial charge in [0.25, 0.3) is 0 Å². The first-order valence-electron chi connectivity index (χ1n) is 5.61. The van der Waals surface area contributed by atoms with E-state index in [1.54, 1.807) is 30.6 Å². The molecule has 3 aromatic rings. The van der Waals surface area contributed by atoms with Gasteiger partial charge < -0.3 is 10.2 Å². The molecule has 0 bridgehead atoms. The maximum atomic E-state index is 10.3. The quantitative estimate of drug-likeness (QED) is 0.682. The highest BCUT2D eigenvalue weighted by Crippen LogP contribution is 2.42. The smallest absolute Gasteiger partial charge is 0.135 e. The maximum Gasteiger partial charge on any atom is 0.135 e. The van der Waals surface area contributed by atoms with E-state index in [2.05, 4.69) is 4.98 Å². The minimum absolute atomic E-state index is 0.0548. The molecule has 3 rings (SSSR count). The molecule has 2 N–H and O–H groups in total. The molecule has 0 atom stereocenters. The van der Waals surface area contributed by atoms with Gasteiger partial charge in [-0.05, 0) is 17.5 Å². The van der Waals surface area contributed by atoms with Gasteiger partial charge in [-0.15, -0.1) is 0 Å². The Balaban J connectivity index is 2.37. The lowest BCUT2D eigenvalue weighted by atomic mass is 9.99. The molecule has 0 aliphatic rings. The average molecular weight is 237 g/mol. The zero-order chi connectivity index (χ0) is 12.5. The number of aromatic hydroxyl groups is 2. The van der Waals surface area contributed by atoms with E-state index in [1.807, 2.05) is 24.3 Å². The Hall–Kier alpha value is -2.55. The molecule has 0 fully saturated rings. The predicted molar refractivity (Wildman–Crippen MR) is 70.5 cm³/mol. The molecule has 3 heteroatoms. The van der Waals surface area contributed by atoms with Crippen LogP contribution in [0.15, 0.2) is 54.9 Å². The van der Waals surface area contributed by atoms with E-state index in [9.17, 15) is 10.2 Å². The third kappa shape index (κ3) is 1.57. The second kappa shape index (κ2) is 4.04. The first-order chi connectivity index (χ1) is 8.77. The van der Waals surface area contributed by atoms with Crippen molar-refractivity contribution >= 4 is 10.8 Å². The van der Waals surface area contributed by atoms with Crippen LogP contribution in [0.3, 0.4) is 0 Å². The summed E-state index contributed by atoms with van der Waals surface area (Å²) >= 11 is 0. The Morgan fingerprint density at radius 3 is 2.56 bits per heavy atom. The SMILES string of the molecule is Oc1cc2ccccc2c(O)c1-c1cccnc1. The molecule has 0 saturated carbocycles. The maximum absolute atomic E-state index is 10.3. The van der Waals surface area contributed by atoms with E-state index in [0.717, 1.165) is 5.39 Å². The van der Waals surface area contributed by atoms with Gasteiger partial charge in [0.15, 0.2) is 0 Å². The van der Waals surface area contributed by atoms with E-state index >= 15 is 0 Å². The fourth-order valence-corrected chi connectivity index (χ4v) is 2.11. The number of nitrogens with zero attached hydrogens (tertiary/aromatic N) is 1. The number of benzene rings is 2. The van der Waals surface area contributed by atoms with E-state index in [-0.39, 0.29) is 11.5 Å². The van der Waals surface area contributed by atoms with Crippen molar-refractivity contribution in [2.45, 2.75) is 0 Å². The number of hydrogen-bond donors (Lipinski definition) is 2. The van der Waals surface area contributed by atoms with Crippen molar-refractivity contribution in [3.8, 4) is 22.6 Å². The lowest BCUT2D eigenvalue weighted by molar-refractivity contribution is 0.458. The largest absolute Gasteiger partial charge is 0.507 e. The Labute approximate surface area is 104 Å². The Kier molecular flexibility index (Phi) is 2.38. The number of aromatic nitrogens is 1. The van der Waals surface area contributed by atoms with Crippen molar-refractivity contribution in [2.75, 3.05) is 0 Å². The number of fused-ring (bicyclic) bond motifs is 1. The zero-order valence-corrected chi connectivity index (χ0v) is 9.54. The van der Waals surface area contributed by atoms with Crippen molar-refractivity contribution in [3.63, 3.8) is 0 Å². The molecule has 0 aliphatic heterocycles. The van der Waals surface area contributed by atoms with Gasteiger partial charge in [0.05, 0.1) is 5.56 Å². The molecule has 1 heterocycles. The second-order valence-electron chi connectivity index (χ2n) is 4.08. The van der Waals surface area contributed by atoms with E-state index < -0.39 is 0 Å². The summed E-state index contributed by atoms with van der Waals surface area (Å²) < 4.78 is 0. The van der Waals surface area contributed by atoms with Crippen LogP contribution in [0.5, 0.6) is 11.5 Å². The standard InChI is InChI=1S/C15H11NO2/c17-13-8-10-4-1-2-6-12(10)15(18)14(13)11-5-3-7-16-9-11/h1-9,17-18H. The van der Waals surface area contributed by atoms with Gasteiger partial charge in [-0.3, -0.25) is 4.98 Å². The number of phenolic OH excluding ortho intramolecular Hbond substituents is 2. The fraction of sp³-hybridized carbons (Fsp3) is 0. The molecule has 0 spiro atoms. The van der Waals surface area contributed by atoms with Crippen LogP contribution < -0.4 is 0 Å². The van der Waals surface area contributed by atoms with Crippen molar-refractivity contribution < 1.29 is 10.2 Å². The van der Waals surface area contributed by atoms with Crippen LogP contribution in [-0.4, -0.2) is 15.2 Å². The minimum Gasteiger partial charge on any atom is -0.507 e. The number of rotatable bonds is 1. The molecule has 0 radical (unpaired) electrons. The summed E-state index contributed by atoms with van der Waals surface area (Å²) in [4.78, 5) is 4.00. The van der Waals surface area contributed by atoms with Crippen LogP contribution in [-0.2, 0) is 0 Å². The fourth-order valence-electron chi connectivity index (χ4n) is 2.11. The molecule has 3 nitrogen and oxygen atoms in total. The molecule has 0 aliphatic carbocycles. The van der Waals surface area contributed by atoms with Gasteiger partial charge in [-0.2, -0.15) is 0 Å². The van der Waals surface area contributed by atoms with Gasteiger partial charge in [0, 0.05) is 23.3 Å². The van der Waals surface area contributed by atoms with Crippen molar-refractivity contribution in [1.29, 1.82) is 0 Å². The Morgan fingerprint density at radius 2 is 1.78 bits per heavy atom. The number of hydrogen-bond acceptors (Lipinski definition) is 3. The van der Waals surface area contributed by atoms with Crippen LogP contribution >= 0.6 is 0 Å². The summed E-state index contributed by atoms with van der Waals surface area (Å²) in [5.41, 5.74) is 1.11. The van der Waals surface area contributed by atoms with Crippen LogP contribution in [0.1, 0.15) is 0 Å². The molecule has 0 amide bonds. The molecule has 0 unspecified atom stereocenters. The van der Waals surface area contributed by atoms with Crippen LogP contribution in [0, 0.1) is 0 Å². The van der Waals surface area contributed by atoms with E-state index in [0.29, 0.717) is 16.5 Å². The van der Waals surface area contributed by atoms with Crippen LogP contribution in [0.4, 0.5) is 0 Å². The van der Waals surface area contributed by atoms with Crippen LogP contribution in [0.25, 0.3) is 21.9 Å². The number of pyridine rings is 1. The summed E-state index contributed by atoms with van der Waals surface area (Å²) in [6.45, 7) is 0. The van der Waals surface area contributed by atoms with Gasteiger partial charge >= 0.3 is 0 Å². The van der Waals surface area contributed by atoms with Gasteiger partial charge in [-0.25, -0.2) is 0 Å². The van der Waals surface area contributed by atoms with E-state index in [1.165, 1.54) is 0 Å². The summed E-state index contributed by atoms with van der Waals surface area (Å²) in [6, 6.07) is 12.6. The molecule has 18 heavy (non-hydrogen) atoms. The average Bonchev–Trinajstić information content (AvgIpc) is 2.40. The molecule has 88 valence electrons. The molecular weight excluding hydrogens is 226 g/mol. The highest BCUT2D eigenvalue weighted by Gasteiger charge is 2.13. The molecule has 2 aromatic carbocycles. The summed E-state index contributed by atoms with van der Waals surface area (Å²) in [5.74, 6) is 0.137. The lowest BCUT2D eigenvalue weighted by Crippen LogP contribution is -1.84. The normalized spacial score (nSPS) is 10.7. The monoisotopic (exact) mass is 237 g/mol. The Bertz CT molecular complexity index is 708. The molecular formula is C15H11NO2. The van der Waals surface area contributed by atoms with Crippen molar-refractivity contribution in [2.24, 2.45) is 0 Å².